The van der Waals surface area contributed by atoms with Crippen LogP contribution in [-0.4, -0.2) is 61.5 Å². The smallest absolute Gasteiger partial charge is 0.409 e. The standard InChI is InChI=1S/C25H25ClF2N4O5/c1-31(2)24(35)37-12-20(13-4-7-19(26)18(8-13)21(33)36-3)32-22(34)25(14-5-6-14,30-23(32)29)15-9-16(27)11-17(28)10-15/h4,7-11,14,20H,5-6,12H2,1-3H3,(H2,29,30)/t20?,25-/m1/s1. The van der Waals surface area contributed by atoms with Gasteiger partial charge in [0.2, 0.25) is 0 Å². The largest absolute Gasteiger partial charge is 0.465 e. The number of rotatable bonds is 7. The number of nitrogens with two attached hydrogens (primary N) is 1. The van der Waals surface area contributed by atoms with E-state index in [1.165, 1.54) is 38.2 Å². The van der Waals surface area contributed by atoms with E-state index in [-0.39, 0.29) is 34.6 Å². The average Bonchev–Trinajstić information content (AvgIpc) is 3.65. The molecule has 1 heterocycles. The highest BCUT2D eigenvalue weighted by atomic mass is 35.5. The fourth-order valence-electron chi connectivity index (χ4n) is 4.45. The molecule has 4 rings (SSSR count). The third kappa shape index (κ3) is 4.83. The van der Waals surface area contributed by atoms with E-state index in [1.807, 2.05) is 0 Å². The molecule has 0 radical (unpaired) electrons. The molecule has 1 aliphatic heterocycles. The zero-order valence-corrected chi connectivity index (χ0v) is 21.1. The van der Waals surface area contributed by atoms with Crippen molar-refractivity contribution in [3.05, 3.63) is 69.7 Å². The van der Waals surface area contributed by atoms with Crippen LogP contribution in [0.5, 0.6) is 0 Å². The number of halogens is 3. The SMILES string of the molecule is COC(=O)c1cc(C(COC(=O)N(C)C)N2C(=O)[C@](c3cc(F)cc(F)c3)(C3CC3)N=C2N)ccc1Cl. The molecule has 2 aromatic carbocycles. The second kappa shape index (κ2) is 9.97. The minimum Gasteiger partial charge on any atom is -0.465 e. The third-order valence-corrected chi connectivity index (χ3v) is 6.70. The lowest BCUT2D eigenvalue weighted by molar-refractivity contribution is -0.134. The van der Waals surface area contributed by atoms with Gasteiger partial charge < -0.3 is 20.1 Å². The molecule has 0 aromatic heterocycles. The Bertz CT molecular complexity index is 1280. The number of carbonyl (C=O) groups excluding carboxylic acids is 3. The number of ether oxygens (including phenoxy) is 2. The van der Waals surface area contributed by atoms with Gasteiger partial charge in [0, 0.05) is 20.2 Å². The summed E-state index contributed by atoms with van der Waals surface area (Å²) in [5.41, 5.74) is 5.05. The summed E-state index contributed by atoms with van der Waals surface area (Å²) < 4.78 is 38.6. The van der Waals surface area contributed by atoms with Gasteiger partial charge in [-0.05, 0) is 54.2 Å². The maximum atomic E-state index is 14.2. The average molecular weight is 535 g/mol. The van der Waals surface area contributed by atoms with Crippen molar-refractivity contribution in [1.29, 1.82) is 0 Å². The van der Waals surface area contributed by atoms with E-state index in [1.54, 1.807) is 6.07 Å². The van der Waals surface area contributed by atoms with Crippen molar-refractivity contribution in [2.45, 2.75) is 24.4 Å². The van der Waals surface area contributed by atoms with Gasteiger partial charge in [0.05, 0.1) is 23.7 Å². The first kappa shape index (κ1) is 26.3. The highest BCUT2D eigenvalue weighted by molar-refractivity contribution is 6.33. The second-order valence-electron chi connectivity index (χ2n) is 9.06. The minimum atomic E-state index is -1.64. The van der Waals surface area contributed by atoms with E-state index in [0.29, 0.717) is 24.5 Å². The van der Waals surface area contributed by atoms with Crippen molar-refractivity contribution in [1.82, 2.24) is 9.80 Å². The van der Waals surface area contributed by atoms with Gasteiger partial charge in [-0.1, -0.05) is 17.7 Å². The number of methoxy groups -OCH3 is 1. The van der Waals surface area contributed by atoms with E-state index in [4.69, 9.17) is 26.8 Å². The van der Waals surface area contributed by atoms with Crippen LogP contribution in [0.4, 0.5) is 13.6 Å². The molecule has 0 saturated heterocycles. The van der Waals surface area contributed by atoms with Gasteiger partial charge in [-0.2, -0.15) is 0 Å². The normalized spacial score (nSPS) is 19.9. The maximum absolute atomic E-state index is 14.2. The molecule has 2 aromatic rings. The number of hydrogen-bond donors (Lipinski definition) is 1. The molecule has 0 spiro atoms. The minimum absolute atomic E-state index is 0.0217. The van der Waals surface area contributed by atoms with Gasteiger partial charge in [0.15, 0.2) is 11.5 Å². The van der Waals surface area contributed by atoms with E-state index in [9.17, 15) is 23.2 Å². The lowest BCUT2D eigenvalue weighted by Crippen LogP contribution is -2.47. The van der Waals surface area contributed by atoms with Crippen LogP contribution in [0.2, 0.25) is 5.02 Å². The van der Waals surface area contributed by atoms with Crippen molar-refractivity contribution >= 4 is 35.5 Å². The summed E-state index contributed by atoms with van der Waals surface area (Å²) >= 11 is 6.17. The third-order valence-electron chi connectivity index (χ3n) is 6.38. The fourth-order valence-corrected chi connectivity index (χ4v) is 4.65. The Morgan fingerprint density at radius 3 is 2.43 bits per heavy atom. The second-order valence-corrected chi connectivity index (χ2v) is 9.47. The molecular formula is C25H25ClF2N4O5. The number of amides is 2. The van der Waals surface area contributed by atoms with Crippen LogP contribution in [0.25, 0.3) is 0 Å². The van der Waals surface area contributed by atoms with E-state index < -0.39 is 41.2 Å². The summed E-state index contributed by atoms with van der Waals surface area (Å²) in [6.45, 7) is -0.362. The number of aliphatic imine (C=N–C) groups is 1. The number of benzene rings is 2. The molecule has 2 aliphatic rings. The monoisotopic (exact) mass is 534 g/mol. The Labute approximate surface area is 216 Å². The zero-order chi connectivity index (χ0) is 27.1. The van der Waals surface area contributed by atoms with Gasteiger partial charge in [-0.15, -0.1) is 0 Å². The zero-order valence-electron chi connectivity index (χ0n) is 20.3. The van der Waals surface area contributed by atoms with E-state index in [2.05, 4.69) is 4.99 Å². The van der Waals surface area contributed by atoms with Crippen molar-refractivity contribution in [3.8, 4) is 0 Å². The molecule has 1 aliphatic carbocycles. The summed E-state index contributed by atoms with van der Waals surface area (Å²) in [5.74, 6) is -3.60. The molecule has 1 unspecified atom stereocenters. The number of carbonyl (C=O) groups is 3. The molecule has 9 nitrogen and oxygen atoms in total. The lowest BCUT2D eigenvalue weighted by Gasteiger charge is -2.32. The van der Waals surface area contributed by atoms with Crippen LogP contribution >= 0.6 is 11.6 Å². The van der Waals surface area contributed by atoms with Crippen molar-refractivity contribution in [3.63, 3.8) is 0 Å². The quantitative estimate of drug-likeness (QED) is 0.543. The first-order valence-electron chi connectivity index (χ1n) is 11.4. The van der Waals surface area contributed by atoms with Gasteiger partial charge in [0.25, 0.3) is 5.91 Å². The number of guanidine groups is 1. The fraction of sp³-hybridized carbons (Fsp3) is 0.360. The maximum Gasteiger partial charge on any atom is 0.409 e. The van der Waals surface area contributed by atoms with Crippen LogP contribution in [0, 0.1) is 17.6 Å². The molecule has 196 valence electrons. The molecule has 1 fully saturated rings. The highest BCUT2D eigenvalue weighted by Crippen LogP contribution is 2.53. The molecule has 2 amide bonds. The molecular weight excluding hydrogens is 510 g/mol. The van der Waals surface area contributed by atoms with Gasteiger partial charge in [0.1, 0.15) is 18.2 Å². The highest BCUT2D eigenvalue weighted by Gasteiger charge is 2.59. The topological polar surface area (TPSA) is 115 Å². The molecule has 0 bridgehead atoms. The van der Waals surface area contributed by atoms with Crippen molar-refractivity contribution < 1.29 is 32.6 Å². The predicted octanol–water partition coefficient (Wildman–Crippen LogP) is 3.61. The van der Waals surface area contributed by atoms with Gasteiger partial charge >= 0.3 is 12.1 Å². The van der Waals surface area contributed by atoms with E-state index in [0.717, 1.165) is 17.0 Å². The Balaban J connectivity index is 1.81. The predicted molar refractivity (Wildman–Crippen MR) is 130 cm³/mol. The van der Waals surface area contributed by atoms with Crippen molar-refractivity contribution in [2.24, 2.45) is 16.6 Å². The molecule has 2 N–H and O–H groups in total. The van der Waals surface area contributed by atoms with Crippen LogP contribution in [0.15, 0.2) is 41.4 Å². The van der Waals surface area contributed by atoms with E-state index >= 15 is 0 Å². The van der Waals surface area contributed by atoms with Crippen LogP contribution in [0.3, 0.4) is 0 Å². The molecule has 37 heavy (non-hydrogen) atoms. The van der Waals surface area contributed by atoms with Crippen LogP contribution in [-0.2, 0) is 19.8 Å². The summed E-state index contributed by atoms with van der Waals surface area (Å²) in [4.78, 5) is 45.4. The summed E-state index contributed by atoms with van der Waals surface area (Å²) in [7, 11) is 4.17. The van der Waals surface area contributed by atoms with Crippen molar-refractivity contribution in [2.75, 3.05) is 27.8 Å². The Morgan fingerprint density at radius 2 is 1.86 bits per heavy atom. The molecule has 1 saturated carbocycles. The summed E-state index contributed by atoms with van der Waals surface area (Å²) in [6, 6.07) is 6.19. The number of esters is 1. The first-order chi connectivity index (χ1) is 17.5. The van der Waals surface area contributed by atoms with Gasteiger partial charge in [-0.25, -0.2) is 23.4 Å². The summed E-state index contributed by atoms with van der Waals surface area (Å²) in [5, 5.41) is 0.108. The van der Waals surface area contributed by atoms with Gasteiger partial charge in [-0.3, -0.25) is 9.69 Å². The molecule has 2 atom stereocenters. The number of nitrogens with zero attached hydrogens (tertiary/aromatic N) is 3. The molecule has 12 heteroatoms. The Morgan fingerprint density at radius 1 is 1.22 bits per heavy atom. The van der Waals surface area contributed by atoms with Crippen LogP contribution in [0.1, 0.15) is 40.4 Å². The number of hydrogen-bond acceptors (Lipinski definition) is 7. The first-order valence-corrected chi connectivity index (χ1v) is 11.7. The Kier molecular flexibility index (Phi) is 7.09. The Hall–Kier alpha value is -3.73. The van der Waals surface area contributed by atoms with Crippen LogP contribution < -0.4 is 5.73 Å². The lowest BCUT2D eigenvalue weighted by atomic mass is 9.84. The summed E-state index contributed by atoms with van der Waals surface area (Å²) in [6.07, 6.45) is 0.514.